The molecule has 2 fully saturated rings. The van der Waals surface area contributed by atoms with Gasteiger partial charge in [-0.05, 0) is 37.0 Å². The number of halogens is 1. The lowest BCUT2D eigenvalue weighted by atomic mass is 9.79. The zero-order chi connectivity index (χ0) is 18.0. The first-order chi connectivity index (χ1) is 12.7. The topological polar surface area (TPSA) is 51.7 Å². The number of amides is 1. The number of carbonyl (C=O) groups is 1. The van der Waals surface area contributed by atoms with E-state index in [1.807, 2.05) is 18.2 Å². The Labute approximate surface area is 151 Å². The van der Waals surface area contributed by atoms with Gasteiger partial charge in [-0.1, -0.05) is 18.2 Å². The van der Waals surface area contributed by atoms with Gasteiger partial charge in [-0.15, -0.1) is 0 Å². The van der Waals surface area contributed by atoms with Gasteiger partial charge in [0.1, 0.15) is 11.4 Å². The minimum Gasteiger partial charge on any atom is -0.478 e. The molecule has 0 unspecified atom stereocenters. The van der Waals surface area contributed by atoms with Crippen molar-refractivity contribution in [2.24, 2.45) is 5.92 Å². The van der Waals surface area contributed by atoms with Gasteiger partial charge in [-0.2, -0.15) is 0 Å². The lowest BCUT2D eigenvalue weighted by molar-refractivity contribution is -0.119. The molecule has 6 heteroatoms. The molecule has 2 saturated heterocycles. The number of hydrogen-bond acceptors (Lipinski definition) is 4. The van der Waals surface area contributed by atoms with Crippen LogP contribution >= 0.6 is 0 Å². The number of nitrogens with zero attached hydrogens (tertiary/aromatic N) is 2. The maximum Gasteiger partial charge on any atom is 0.257 e. The van der Waals surface area contributed by atoms with Gasteiger partial charge in [0.25, 0.3) is 5.91 Å². The number of pyridine rings is 1. The van der Waals surface area contributed by atoms with Gasteiger partial charge < -0.3 is 14.4 Å². The number of likely N-dealkylation sites (tertiary alicyclic amines) is 1. The summed E-state index contributed by atoms with van der Waals surface area (Å²) in [7, 11) is 0. The van der Waals surface area contributed by atoms with Gasteiger partial charge in [0.05, 0.1) is 25.3 Å². The van der Waals surface area contributed by atoms with E-state index in [0.29, 0.717) is 38.1 Å². The molecule has 0 saturated carbocycles. The molecular weight excluding hydrogens is 335 g/mol. The third-order valence-electron chi connectivity index (χ3n) is 5.26. The molecule has 2 aliphatic heterocycles. The number of hydrogen-bond donors (Lipinski definition) is 0. The highest BCUT2D eigenvalue weighted by Gasteiger charge is 2.54. The minimum absolute atomic E-state index is 0.121. The summed E-state index contributed by atoms with van der Waals surface area (Å²) in [5, 5.41) is 0. The van der Waals surface area contributed by atoms with E-state index in [0.717, 1.165) is 12.8 Å². The third kappa shape index (κ3) is 3.17. The monoisotopic (exact) mass is 356 g/mol. The van der Waals surface area contributed by atoms with Crippen LogP contribution in [0.15, 0.2) is 48.7 Å². The van der Waals surface area contributed by atoms with Gasteiger partial charge in [-0.3, -0.25) is 4.79 Å². The van der Waals surface area contributed by atoms with E-state index in [9.17, 15) is 9.18 Å². The van der Waals surface area contributed by atoms with E-state index >= 15 is 0 Å². The van der Waals surface area contributed by atoms with Crippen LogP contribution in [0.2, 0.25) is 0 Å². The first kappa shape index (κ1) is 17.0. The Kier molecular flexibility index (Phi) is 4.59. The zero-order valence-electron chi connectivity index (χ0n) is 14.4. The molecule has 2 aliphatic rings. The summed E-state index contributed by atoms with van der Waals surface area (Å²) in [5.74, 6) is 0.195. The zero-order valence-corrected chi connectivity index (χ0v) is 14.4. The van der Waals surface area contributed by atoms with Crippen LogP contribution in [-0.4, -0.2) is 47.7 Å². The summed E-state index contributed by atoms with van der Waals surface area (Å²) < 4.78 is 25.5. The maximum absolute atomic E-state index is 13.8. The molecule has 5 nitrogen and oxygen atoms in total. The number of benzene rings is 1. The minimum atomic E-state index is -0.480. The summed E-state index contributed by atoms with van der Waals surface area (Å²) in [4.78, 5) is 18.3. The van der Waals surface area contributed by atoms with Gasteiger partial charge >= 0.3 is 0 Å². The highest BCUT2D eigenvalue weighted by atomic mass is 19.1. The molecule has 2 aromatic rings. The highest BCUT2D eigenvalue weighted by Crippen LogP contribution is 2.42. The van der Waals surface area contributed by atoms with Crippen LogP contribution < -0.4 is 4.74 Å². The SMILES string of the molecule is O=C(c1ccccc1F)N1CC2(C1)OCC[C@@H]2CCOc1ccccn1. The molecule has 0 bridgehead atoms. The fourth-order valence-corrected chi connectivity index (χ4v) is 3.83. The van der Waals surface area contributed by atoms with Gasteiger partial charge in [0, 0.05) is 18.9 Å². The lowest BCUT2D eigenvalue weighted by Crippen LogP contribution is -2.66. The number of rotatable bonds is 5. The average Bonchev–Trinajstić information content (AvgIpc) is 3.05. The molecule has 1 atom stereocenters. The Bertz CT molecular complexity index is 778. The molecule has 3 heterocycles. The van der Waals surface area contributed by atoms with Crippen LogP contribution in [0, 0.1) is 11.7 Å². The predicted octanol–water partition coefficient (Wildman–Crippen LogP) is 2.92. The van der Waals surface area contributed by atoms with Crippen molar-refractivity contribution in [2.75, 3.05) is 26.3 Å². The van der Waals surface area contributed by atoms with E-state index in [1.165, 1.54) is 12.1 Å². The molecule has 1 aromatic heterocycles. The van der Waals surface area contributed by atoms with Gasteiger partial charge in [0.15, 0.2) is 0 Å². The standard InChI is InChI=1S/C20H21FN2O3/c21-17-6-2-1-5-16(17)19(24)23-13-20(14-23)15(9-12-26-20)8-11-25-18-7-3-4-10-22-18/h1-7,10,15H,8-9,11-14H2/t15-/m0/s1. The third-order valence-corrected chi connectivity index (χ3v) is 5.26. The molecule has 0 N–H and O–H groups in total. The van der Waals surface area contributed by atoms with E-state index in [2.05, 4.69) is 4.98 Å². The molecule has 136 valence electrons. The lowest BCUT2D eigenvalue weighted by Gasteiger charge is -2.50. The predicted molar refractivity (Wildman–Crippen MR) is 93.4 cm³/mol. The number of carbonyl (C=O) groups excluding carboxylic acids is 1. The largest absolute Gasteiger partial charge is 0.478 e. The Morgan fingerprint density at radius 1 is 1.27 bits per heavy atom. The average molecular weight is 356 g/mol. The molecule has 1 aromatic carbocycles. The first-order valence-corrected chi connectivity index (χ1v) is 8.89. The van der Waals surface area contributed by atoms with Crippen molar-refractivity contribution in [3.63, 3.8) is 0 Å². The van der Waals surface area contributed by atoms with Crippen molar-refractivity contribution in [1.29, 1.82) is 0 Å². The van der Waals surface area contributed by atoms with Crippen LogP contribution in [0.5, 0.6) is 5.88 Å². The second-order valence-corrected chi connectivity index (χ2v) is 6.85. The van der Waals surface area contributed by atoms with Crippen molar-refractivity contribution < 1.29 is 18.7 Å². The van der Waals surface area contributed by atoms with Crippen LogP contribution in [0.4, 0.5) is 4.39 Å². The molecule has 1 spiro atoms. The molecule has 1 amide bonds. The highest BCUT2D eigenvalue weighted by molar-refractivity contribution is 5.95. The van der Waals surface area contributed by atoms with E-state index in [4.69, 9.17) is 9.47 Å². The van der Waals surface area contributed by atoms with E-state index < -0.39 is 5.82 Å². The van der Waals surface area contributed by atoms with Gasteiger partial charge in [-0.25, -0.2) is 9.37 Å². The van der Waals surface area contributed by atoms with Crippen LogP contribution in [0.1, 0.15) is 23.2 Å². The summed E-state index contributed by atoms with van der Waals surface area (Å²) in [6, 6.07) is 11.7. The normalized spacial score (nSPS) is 20.8. The first-order valence-electron chi connectivity index (χ1n) is 8.89. The molecule has 4 rings (SSSR count). The summed E-state index contributed by atoms with van der Waals surface area (Å²) in [5.41, 5.74) is -0.190. The van der Waals surface area contributed by atoms with Crippen molar-refractivity contribution in [2.45, 2.75) is 18.4 Å². The quantitative estimate of drug-likeness (QED) is 0.827. The summed E-state index contributed by atoms with van der Waals surface area (Å²) in [6.07, 6.45) is 3.50. The summed E-state index contributed by atoms with van der Waals surface area (Å²) in [6.45, 7) is 2.27. The summed E-state index contributed by atoms with van der Waals surface area (Å²) >= 11 is 0. The second-order valence-electron chi connectivity index (χ2n) is 6.85. The fraction of sp³-hybridized carbons (Fsp3) is 0.400. The van der Waals surface area contributed by atoms with Crippen LogP contribution in [0.25, 0.3) is 0 Å². The number of ether oxygens (including phenoxy) is 2. The Morgan fingerprint density at radius 3 is 2.85 bits per heavy atom. The fourth-order valence-electron chi connectivity index (χ4n) is 3.83. The Hall–Kier alpha value is -2.47. The van der Waals surface area contributed by atoms with Crippen molar-refractivity contribution >= 4 is 5.91 Å². The van der Waals surface area contributed by atoms with E-state index in [-0.39, 0.29) is 17.1 Å². The van der Waals surface area contributed by atoms with Crippen molar-refractivity contribution in [3.8, 4) is 5.88 Å². The smallest absolute Gasteiger partial charge is 0.257 e. The second kappa shape index (κ2) is 7.03. The van der Waals surface area contributed by atoms with Crippen LogP contribution in [-0.2, 0) is 4.74 Å². The Morgan fingerprint density at radius 2 is 2.08 bits per heavy atom. The van der Waals surface area contributed by atoms with Gasteiger partial charge in [0.2, 0.25) is 5.88 Å². The molecule has 0 aliphatic carbocycles. The van der Waals surface area contributed by atoms with Crippen molar-refractivity contribution in [3.05, 3.63) is 60.0 Å². The Balaban J connectivity index is 1.33. The van der Waals surface area contributed by atoms with Crippen LogP contribution in [0.3, 0.4) is 0 Å². The molecular formula is C20H21FN2O3. The maximum atomic E-state index is 13.8. The molecule has 0 radical (unpaired) electrons. The number of aromatic nitrogens is 1. The van der Waals surface area contributed by atoms with E-state index in [1.54, 1.807) is 23.2 Å². The molecule has 26 heavy (non-hydrogen) atoms. The van der Waals surface area contributed by atoms with Crippen molar-refractivity contribution in [1.82, 2.24) is 9.88 Å².